The summed E-state index contributed by atoms with van der Waals surface area (Å²) < 4.78 is 2.09. The Labute approximate surface area is 107 Å². The molecule has 1 heterocycles. The molecule has 1 unspecified atom stereocenters. The highest BCUT2D eigenvalue weighted by Gasteiger charge is 2.13. The van der Waals surface area contributed by atoms with Crippen molar-refractivity contribution < 1.29 is 4.79 Å². The van der Waals surface area contributed by atoms with Gasteiger partial charge in [0.05, 0.1) is 17.5 Å². The third-order valence-corrected chi connectivity index (χ3v) is 2.95. The normalized spacial score (nSPS) is 12.8. The summed E-state index contributed by atoms with van der Waals surface area (Å²) >= 11 is 0. The number of rotatable bonds is 5. The molecule has 18 heavy (non-hydrogen) atoms. The predicted octanol–water partition coefficient (Wildman–Crippen LogP) is 1.91. The number of nitrogens with zero attached hydrogens (tertiary/aromatic N) is 2. The molecule has 1 aromatic heterocycles. The molecule has 0 aliphatic rings. The number of aryl methyl sites for hydroxylation is 1. The van der Waals surface area contributed by atoms with Gasteiger partial charge in [0.1, 0.15) is 11.6 Å². The zero-order chi connectivity index (χ0) is 13.1. The van der Waals surface area contributed by atoms with Crippen molar-refractivity contribution in [3.63, 3.8) is 0 Å². The molecule has 0 fully saturated rings. The van der Waals surface area contributed by atoms with Crippen LogP contribution in [0.4, 0.5) is 0 Å². The average molecular weight is 245 g/mol. The topological polar surface area (TPSA) is 60.9 Å². The highest BCUT2D eigenvalue weighted by atomic mass is 16.1. The van der Waals surface area contributed by atoms with Gasteiger partial charge in [-0.25, -0.2) is 4.98 Å². The molecule has 1 aromatic carbocycles. The number of imidazole rings is 1. The molecule has 0 spiro atoms. The molecule has 0 radical (unpaired) electrons. The number of carbonyl (C=O) groups excluding carboxylic acids is 1. The van der Waals surface area contributed by atoms with Crippen LogP contribution in [0.1, 0.15) is 26.1 Å². The van der Waals surface area contributed by atoms with Gasteiger partial charge in [0.2, 0.25) is 0 Å². The summed E-state index contributed by atoms with van der Waals surface area (Å²) in [5, 5.41) is 0. The van der Waals surface area contributed by atoms with E-state index in [2.05, 4.69) is 16.5 Å². The Bertz CT molecular complexity index is 557. The zero-order valence-corrected chi connectivity index (χ0v) is 10.9. The third kappa shape index (κ3) is 2.59. The summed E-state index contributed by atoms with van der Waals surface area (Å²) in [6.45, 7) is 4.73. The van der Waals surface area contributed by atoms with Gasteiger partial charge in [-0.2, -0.15) is 0 Å². The van der Waals surface area contributed by atoms with Gasteiger partial charge in [-0.05, 0) is 26.0 Å². The Morgan fingerprint density at radius 2 is 2.17 bits per heavy atom. The largest absolute Gasteiger partial charge is 0.328 e. The number of hydrogen-bond acceptors (Lipinski definition) is 3. The van der Waals surface area contributed by atoms with E-state index in [1.807, 2.05) is 31.2 Å². The van der Waals surface area contributed by atoms with E-state index >= 15 is 0 Å². The second-order valence-electron chi connectivity index (χ2n) is 4.66. The molecule has 4 heteroatoms. The van der Waals surface area contributed by atoms with E-state index in [0.717, 1.165) is 23.4 Å². The summed E-state index contributed by atoms with van der Waals surface area (Å²) in [4.78, 5) is 16.4. The maximum absolute atomic E-state index is 11.8. The number of hydrogen-bond donors (Lipinski definition) is 1. The van der Waals surface area contributed by atoms with Crippen molar-refractivity contribution in [2.45, 2.75) is 39.3 Å². The second-order valence-corrected chi connectivity index (χ2v) is 4.66. The fraction of sp³-hybridized carbons (Fsp3) is 0.429. The first-order valence-electron chi connectivity index (χ1n) is 6.33. The van der Waals surface area contributed by atoms with E-state index in [0.29, 0.717) is 12.8 Å². The van der Waals surface area contributed by atoms with Crippen molar-refractivity contribution >= 4 is 16.8 Å². The van der Waals surface area contributed by atoms with Crippen molar-refractivity contribution in [3.8, 4) is 0 Å². The van der Waals surface area contributed by atoms with Gasteiger partial charge in [-0.15, -0.1) is 0 Å². The fourth-order valence-corrected chi connectivity index (χ4v) is 2.22. The van der Waals surface area contributed by atoms with Gasteiger partial charge in [-0.1, -0.05) is 12.1 Å². The molecule has 2 N–H and O–H groups in total. The highest BCUT2D eigenvalue weighted by Crippen LogP contribution is 2.16. The molecule has 0 saturated heterocycles. The molecular weight excluding hydrogens is 226 g/mol. The second kappa shape index (κ2) is 5.31. The summed E-state index contributed by atoms with van der Waals surface area (Å²) in [7, 11) is 0. The van der Waals surface area contributed by atoms with E-state index in [1.54, 1.807) is 0 Å². The van der Waals surface area contributed by atoms with Gasteiger partial charge < -0.3 is 10.3 Å². The molecule has 96 valence electrons. The van der Waals surface area contributed by atoms with Gasteiger partial charge >= 0.3 is 0 Å². The van der Waals surface area contributed by atoms with E-state index in [-0.39, 0.29) is 11.8 Å². The molecule has 2 rings (SSSR count). The van der Waals surface area contributed by atoms with E-state index in [9.17, 15) is 4.79 Å². The summed E-state index contributed by atoms with van der Waals surface area (Å²) in [5.74, 6) is 0.986. The molecule has 1 atom stereocenters. The lowest BCUT2D eigenvalue weighted by Crippen LogP contribution is -2.21. The number of nitrogens with two attached hydrogens (primary N) is 1. The van der Waals surface area contributed by atoms with Crippen molar-refractivity contribution in [2.24, 2.45) is 5.73 Å². The number of Topliss-reactive ketones (excluding diaryl/α,β-unsaturated/α-hetero) is 1. The maximum Gasteiger partial charge on any atom is 0.141 e. The van der Waals surface area contributed by atoms with Crippen LogP contribution in [0, 0.1) is 0 Å². The number of para-hydroxylation sites is 2. The Kier molecular flexibility index (Phi) is 3.77. The fourth-order valence-electron chi connectivity index (χ4n) is 2.22. The summed E-state index contributed by atoms with van der Waals surface area (Å²) in [6.07, 6.45) is 0.775. The molecule has 0 bridgehead atoms. The lowest BCUT2D eigenvalue weighted by molar-refractivity contribution is -0.118. The van der Waals surface area contributed by atoms with Crippen molar-refractivity contribution in [2.75, 3.05) is 0 Å². The molecule has 2 aromatic rings. The quantitative estimate of drug-likeness (QED) is 0.875. The number of aromatic nitrogens is 2. The van der Waals surface area contributed by atoms with E-state index in [1.165, 1.54) is 0 Å². The zero-order valence-electron chi connectivity index (χ0n) is 10.9. The molecule has 0 aliphatic heterocycles. The first-order chi connectivity index (χ1) is 8.61. The average Bonchev–Trinajstić information content (AvgIpc) is 2.64. The smallest absolute Gasteiger partial charge is 0.141 e. The van der Waals surface area contributed by atoms with Crippen LogP contribution in [-0.4, -0.2) is 21.4 Å². The number of benzene rings is 1. The van der Waals surface area contributed by atoms with Gasteiger partial charge in [0.15, 0.2) is 0 Å². The van der Waals surface area contributed by atoms with Gasteiger partial charge in [0.25, 0.3) is 0 Å². The van der Waals surface area contributed by atoms with Gasteiger partial charge in [0, 0.05) is 19.0 Å². The van der Waals surface area contributed by atoms with Crippen LogP contribution >= 0.6 is 0 Å². The van der Waals surface area contributed by atoms with Crippen LogP contribution < -0.4 is 5.73 Å². The van der Waals surface area contributed by atoms with Crippen LogP contribution in [0.3, 0.4) is 0 Å². The number of fused-ring (bicyclic) bond motifs is 1. The Hall–Kier alpha value is -1.68. The predicted molar refractivity (Wildman–Crippen MR) is 72.4 cm³/mol. The maximum atomic E-state index is 11.8. The minimum Gasteiger partial charge on any atom is -0.328 e. The van der Waals surface area contributed by atoms with Crippen LogP contribution in [-0.2, 0) is 17.8 Å². The first-order valence-corrected chi connectivity index (χ1v) is 6.33. The Morgan fingerprint density at radius 3 is 2.83 bits per heavy atom. The SMILES string of the molecule is CCn1c(CC(=O)CC(C)N)nc2ccccc21. The van der Waals surface area contributed by atoms with Crippen LogP contribution in [0.25, 0.3) is 11.0 Å². The molecule has 4 nitrogen and oxygen atoms in total. The summed E-state index contributed by atoms with van der Waals surface area (Å²) in [5.41, 5.74) is 7.68. The third-order valence-electron chi connectivity index (χ3n) is 2.95. The molecule has 0 amide bonds. The van der Waals surface area contributed by atoms with E-state index < -0.39 is 0 Å². The van der Waals surface area contributed by atoms with Crippen molar-refractivity contribution in [1.82, 2.24) is 9.55 Å². The Morgan fingerprint density at radius 1 is 1.44 bits per heavy atom. The molecule has 0 saturated carbocycles. The molecular formula is C14H19N3O. The Balaban J connectivity index is 2.30. The van der Waals surface area contributed by atoms with Crippen LogP contribution in [0.2, 0.25) is 0 Å². The van der Waals surface area contributed by atoms with Crippen LogP contribution in [0.15, 0.2) is 24.3 Å². The highest BCUT2D eigenvalue weighted by molar-refractivity contribution is 5.83. The molecule has 0 aliphatic carbocycles. The summed E-state index contributed by atoms with van der Waals surface area (Å²) in [6, 6.07) is 7.87. The lowest BCUT2D eigenvalue weighted by Gasteiger charge is -2.06. The van der Waals surface area contributed by atoms with Crippen LogP contribution in [0.5, 0.6) is 0 Å². The van der Waals surface area contributed by atoms with Crippen molar-refractivity contribution in [3.05, 3.63) is 30.1 Å². The van der Waals surface area contributed by atoms with Crippen molar-refractivity contribution in [1.29, 1.82) is 0 Å². The van der Waals surface area contributed by atoms with E-state index in [4.69, 9.17) is 5.73 Å². The van der Waals surface area contributed by atoms with Gasteiger partial charge in [-0.3, -0.25) is 4.79 Å². The minimum atomic E-state index is -0.0862. The number of carbonyl (C=O) groups is 1. The first kappa shape index (κ1) is 12.8. The monoisotopic (exact) mass is 245 g/mol. The number of ketones is 1. The minimum absolute atomic E-state index is 0.0862. The standard InChI is InChI=1S/C14H19N3O/c1-3-17-13-7-5-4-6-12(13)16-14(17)9-11(18)8-10(2)15/h4-7,10H,3,8-9,15H2,1-2H3. The lowest BCUT2D eigenvalue weighted by atomic mass is 10.1.